The molecule has 7 heteroatoms. The van der Waals surface area contributed by atoms with E-state index >= 15 is 0 Å². The van der Waals surface area contributed by atoms with Gasteiger partial charge in [0, 0.05) is 26.1 Å². The Labute approximate surface area is 123 Å². The second-order valence-electron chi connectivity index (χ2n) is 5.12. The van der Waals surface area contributed by atoms with Crippen molar-refractivity contribution in [1.29, 1.82) is 0 Å². The SMILES string of the molecule is NCCC(=O)Nc1ccc(N2CCCC(C(=O)O)C2)nc1. The van der Waals surface area contributed by atoms with Crippen LogP contribution in [-0.4, -0.2) is 41.6 Å². The normalized spacial score (nSPS) is 18.3. The van der Waals surface area contributed by atoms with Gasteiger partial charge >= 0.3 is 5.97 Å². The number of nitrogens with one attached hydrogen (secondary N) is 1. The molecule has 1 aromatic rings. The molecule has 0 bridgehead atoms. The monoisotopic (exact) mass is 292 g/mol. The topological polar surface area (TPSA) is 109 Å². The summed E-state index contributed by atoms with van der Waals surface area (Å²) in [5.74, 6) is -0.511. The minimum atomic E-state index is -0.759. The van der Waals surface area contributed by atoms with Crippen LogP contribution in [0, 0.1) is 5.92 Å². The summed E-state index contributed by atoms with van der Waals surface area (Å²) in [4.78, 5) is 28.7. The van der Waals surface area contributed by atoms with Crippen molar-refractivity contribution in [1.82, 2.24) is 4.98 Å². The third-order valence-electron chi connectivity index (χ3n) is 3.50. The molecule has 4 N–H and O–H groups in total. The van der Waals surface area contributed by atoms with Gasteiger partial charge in [0.1, 0.15) is 5.82 Å². The highest BCUT2D eigenvalue weighted by atomic mass is 16.4. The highest BCUT2D eigenvalue weighted by Gasteiger charge is 2.25. The Hall–Kier alpha value is -2.15. The van der Waals surface area contributed by atoms with E-state index in [1.165, 1.54) is 0 Å². The molecule has 114 valence electrons. The molecular weight excluding hydrogens is 272 g/mol. The summed E-state index contributed by atoms with van der Waals surface area (Å²) in [5.41, 5.74) is 5.93. The van der Waals surface area contributed by atoms with Crippen LogP contribution in [0.4, 0.5) is 11.5 Å². The maximum Gasteiger partial charge on any atom is 0.308 e. The van der Waals surface area contributed by atoms with Crippen molar-refractivity contribution in [2.45, 2.75) is 19.3 Å². The van der Waals surface area contributed by atoms with Gasteiger partial charge in [-0.3, -0.25) is 9.59 Å². The zero-order chi connectivity index (χ0) is 15.2. The van der Waals surface area contributed by atoms with Crippen LogP contribution < -0.4 is 16.0 Å². The lowest BCUT2D eigenvalue weighted by Crippen LogP contribution is -2.39. The Morgan fingerprint density at radius 1 is 1.48 bits per heavy atom. The molecule has 0 aliphatic carbocycles. The second-order valence-corrected chi connectivity index (χ2v) is 5.12. The molecule has 1 fully saturated rings. The van der Waals surface area contributed by atoms with Crippen molar-refractivity contribution in [3.8, 4) is 0 Å². The molecular formula is C14H20N4O3. The highest BCUT2D eigenvalue weighted by Crippen LogP contribution is 2.22. The number of carbonyl (C=O) groups excluding carboxylic acids is 1. The summed E-state index contributed by atoms with van der Waals surface area (Å²) in [6.45, 7) is 1.58. The van der Waals surface area contributed by atoms with Crippen LogP contribution in [0.15, 0.2) is 18.3 Å². The van der Waals surface area contributed by atoms with E-state index in [4.69, 9.17) is 10.8 Å². The van der Waals surface area contributed by atoms with Gasteiger partial charge in [-0.25, -0.2) is 4.98 Å². The number of hydrogen-bond acceptors (Lipinski definition) is 5. The summed E-state index contributed by atoms with van der Waals surface area (Å²) >= 11 is 0. The first kappa shape index (κ1) is 15.2. The molecule has 1 aromatic heterocycles. The Morgan fingerprint density at radius 2 is 2.29 bits per heavy atom. The van der Waals surface area contributed by atoms with Crippen LogP contribution in [-0.2, 0) is 9.59 Å². The zero-order valence-electron chi connectivity index (χ0n) is 11.8. The maximum atomic E-state index is 11.4. The molecule has 1 saturated heterocycles. The van der Waals surface area contributed by atoms with Crippen molar-refractivity contribution in [3.63, 3.8) is 0 Å². The van der Waals surface area contributed by atoms with E-state index in [-0.39, 0.29) is 18.2 Å². The third-order valence-corrected chi connectivity index (χ3v) is 3.50. The molecule has 2 rings (SSSR count). The fourth-order valence-electron chi connectivity index (χ4n) is 2.39. The Balaban J connectivity index is 1.98. The quantitative estimate of drug-likeness (QED) is 0.736. The minimum Gasteiger partial charge on any atom is -0.481 e. The van der Waals surface area contributed by atoms with Crippen molar-refractivity contribution < 1.29 is 14.7 Å². The molecule has 1 unspecified atom stereocenters. The van der Waals surface area contributed by atoms with E-state index in [1.54, 1.807) is 18.3 Å². The standard InChI is InChI=1S/C14H20N4O3/c15-6-5-13(19)17-11-3-4-12(16-8-11)18-7-1-2-10(9-18)14(20)21/h3-4,8,10H,1-2,5-7,9,15H2,(H,17,19)(H,20,21). The average molecular weight is 292 g/mol. The van der Waals surface area contributed by atoms with E-state index in [9.17, 15) is 9.59 Å². The zero-order valence-corrected chi connectivity index (χ0v) is 11.8. The smallest absolute Gasteiger partial charge is 0.308 e. The Bertz CT molecular complexity index is 503. The lowest BCUT2D eigenvalue weighted by molar-refractivity contribution is -0.142. The number of nitrogens with zero attached hydrogens (tertiary/aromatic N) is 2. The van der Waals surface area contributed by atoms with Crippen LogP contribution in [0.3, 0.4) is 0 Å². The highest BCUT2D eigenvalue weighted by molar-refractivity contribution is 5.90. The van der Waals surface area contributed by atoms with Crippen molar-refractivity contribution in [2.75, 3.05) is 29.9 Å². The van der Waals surface area contributed by atoms with Gasteiger partial charge in [-0.15, -0.1) is 0 Å². The Morgan fingerprint density at radius 3 is 2.90 bits per heavy atom. The van der Waals surface area contributed by atoms with Crippen LogP contribution in [0.2, 0.25) is 0 Å². The summed E-state index contributed by atoms with van der Waals surface area (Å²) in [6, 6.07) is 3.56. The molecule has 2 heterocycles. The third kappa shape index (κ3) is 4.16. The van der Waals surface area contributed by atoms with E-state index in [0.29, 0.717) is 25.2 Å². The van der Waals surface area contributed by atoms with Crippen molar-refractivity contribution >= 4 is 23.4 Å². The van der Waals surface area contributed by atoms with E-state index in [2.05, 4.69) is 10.3 Å². The first-order valence-corrected chi connectivity index (χ1v) is 7.04. The number of anilines is 2. The van der Waals surface area contributed by atoms with E-state index < -0.39 is 5.97 Å². The lowest BCUT2D eigenvalue weighted by Gasteiger charge is -2.31. The fraction of sp³-hybridized carbons (Fsp3) is 0.500. The summed E-state index contributed by atoms with van der Waals surface area (Å²) < 4.78 is 0. The van der Waals surface area contributed by atoms with Crippen molar-refractivity contribution in [3.05, 3.63) is 18.3 Å². The summed E-state index contributed by atoms with van der Waals surface area (Å²) in [6.07, 6.45) is 3.40. The van der Waals surface area contributed by atoms with E-state index in [1.807, 2.05) is 4.90 Å². The molecule has 0 saturated carbocycles. The molecule has 1 aliphatic rings. The van der Waals surface area contributed by atoms with Gasteiger partial charge in [0.25, 0.3) is 0 Å². The van der Waals surface area contributed by atoms with Crippen LogP contribution in [0.25, 0.3) is 0 Å². The summed E-state index contributed by atoms with van der Waals surface area (Å²) in [7, 11) is 0. The van der Waals surface area contributed by atoms with Gasteiger partial charge in [0.05, 0.1) is 17.8 Å². The number of hydrogen-bond donors (Lipinski definition) is 3. The molecule has 0 radical (unpaired) electrons. The molecule has 21 heavy (non-hydrogen) atoms. The number of carboxylic acid groups (broad SMARTS) is 1. The fourth-order valence-corrected chi connectivity index (χ4v) is 2.39. The number of rotatable bonds is 5. The number of amides is 1. The molecule has 7 nitrogen and oxygen atoms in total. The second kappa shape index (κ2) is 7.03. The van der Waals surface area contributed by atoms with Gasteiger partial charge in [-0.05, 0) is 25.0 Å². The number of carbonyl (C=O) groups is 2. The van der Waals surface area contributed by atoms with Gasteiger partial charge in [0.2, 0.25) is 5.91 Å². The van der Waals surface area contributed by atoms with Crippen LogP contribution in [0.5, 0.6) is 0 Å². The molecule has 0 spiro atoms. The van der Waals surface area contributed by atoms with Crippen LogP contribution >= 0.6 is 0 Å². The van der Waals surface area contributed by atoms with Gasteiger partial charge in [-0.1, -0.05) is 0 Å². The summed E-state index contributed by atoms with van der Waals surface area (Å²) in [5, 5.41) is 11.8. The molecule has 1 aliphatic heterocycles. The largest absolute Gasteiger partial charge is 0.481 e. The number of aromatic nitrogens is 1. The molecule has 0 aromatic carbocycles. The predicted molar refractivity (Wildman–Crippen MR) is 79.1 cm³/mol. The number of nitrogens with two attached hydrogens (primary N) is 1. The maximum absolute atomic E-state index is 11.4. The van der Waals surface area contributed by atoms with Gasteiger partial charge in [0.15, 0.2) is 0 Å². The van der Waals surface area contributed by atoms with Gasteiger partial charge in [-0.2, -0.15) is 0 Å². The number of pyridine rings is 1. The molecule has 1 atom stereocenters. The predicted octanol–water partition coefficient (Wildman–Crippen LogP) is 0.670. The lowest BCUT2D eigenvalue weighted by atomic mass is 9.98. The number of piperidine rings is 1. The molecule has 1 amide bonds. The first-order valence-electron chi connectivity index (χ1n) is 7.04. The van der Waals surface area contributed by atoms with Gasteiger partial charge < -0.3 is 21.1 Å². The average Bonchev–Trinajstić information content (AvgIpc) is 2.48. The first-order chi connectivity index (χ1) is 10.1. The van der Waals surface area contributed by atoms with Crippen LogP contribution in [0.1, 0.15) is 19.3 Å². The van der Waals surface area contributed by atoms with Crippen molar-refractivity contribution in [2.24, 2.45) is 11.7 Å². The minimum absolute atomic E-state index is 0.143. The number of aliphatic carboxylic acids is 1. The van der Waals surface area contributed by atoms with E-state index in [0.717, 1.165) is 18.8 Å². The Kier molecular flexibility index (Phi) is 5.10. The number of carboxylic acids is 1.